The lowest BCUT2D eigenvalue weighted by atomic mass is 10.2. The van der Waals surface area contributed by atoms with E-state index in [1.54, 1.807) is 6.07 Å². The lowest BCUT2D eigenvalue weighted by molar-refractivity contribution is 0.455. The van der Waals surface area contributed by atoms with Gasteiger partial charge in [-0.2, -0.15) is 0 Å². The molecular formula is C12H17ClN4. The van der Waals surface area contributed by atoms with Crippen molar-refractivity contribution in [1.82, 2.24) is 15.5 Å². The summed E-state index contributed by atoms with van der Waals surface area (Å²) in [5, 5.41) is 12.2. The van der Waals surface area contributed by atoms with Crippen LogP contribution in [0, 0.1) is 0 Å². The second kappa shape index (κ2) is 4.10. The summed E-state index contributed by atoms with van der Waals surface area (Å²) in [6.45, 7) is 4.37. The van der Waals surface area contributed by atoms with E-state index < -0.39 is 0 Å². The van der Waals surface area contributed by atoms with E-state index in [0.717, 1.165) is 18.9 Å². The van der Waals surface area contributed by atoms with Crippen molar-refractivity contribution >= 4 is 17.4 Å². The topological polar surface area (TPSA) is 41.0 Å². The van der Waals surface area contributed by atoms with Gasteiger partial charge in [0.1, 0.15) is 0 Å². The predicted molar refractivity (Wildman–Crippen MR) is 68.4 cm³/mol. The zero-order valence-corrected chi connectivity index (χ0v) is 10.7. The van der Waals surface area contributed by atoms with Crippen LogP contribution in [-0.4, -0.2) is 34.9 Å². The number of rotatable bonds is 3. The summed E-state index contributed by atoms with van der Waals surface area (Å²) in [7, 11) is 0. The first kappa shape index (κ1) is 11.2. The van der Waals surface area contributed by atoms with Gasteiger partial charge >= 0.3 is 0 Å². The number of nitrogens with zero attached hydrogens (tertiary/aromatic N) is 3. The van der Waals surface area contributed by atoms with Crippen LogP contribution in [0.2, 0.25) is 5.15 Å². The molecule has 92 valence electrons. The molecule has 17 heavy (non-hydrogen) atoms. The van der Waals surface area contributed by atoms with E-state index in [0.29, 0.717) is 16.7 Å². The van der Waals surface area contributed by atoms with Crippen LogP contribution in [0.25, 0.3) is 0 Å². The SMILES string of the molecule is CC1(NC2CCN(c3ccc(Cl)nn3)C2)CC1. The Labute approximate surface area is 106 Å². The number of anilines is 1. The minimum atomic E-state index is 0.409. The summed E-state index contributed by atoms with van der Waals surface area (Å²) < 4.78 is 0. The standard InChI is InChI=1S/C12H17ClN4/c1-12(5-6-12)14-9-4-7-17(8-9)11-3-2-10(13)15-16-11/h2-3,9,14H,4-8H2,1H3. The Bertz CT molecular complexity index is 401. The van der Waals surface area contributed by atoms with Gasteiger partial charge in [0.2, 0.25) is 0 Å². The molecule has 2 fully saturated rings. The third-order valence-corrected chi connectivity index (χ3v) is 3.88. The first-order chi connectivity index (χ1) is 8.15. The molecule has 1 aromatic heterocycles. The largest absolute Gasteiger partial charge is 0.354 e. The summed E-state index contributed by atoms with van der Waals surface area (Å²) >= 11 is 5.74. The maximum atomic E-state index is 5.74. The maximum Gasteiger partial charge on any atom is 0.151 e. The van der Waals surface area contributed by atoms with E-state index >= 15 is 0 Å². The lowest BCUT2D eigenvalue weighted by Crippen LogP contribution is -2.40. The summed E-state index contributed by atoms with van der Waals surface area (Å²) in [5.41, 5.74) is 0.409. The van der Waals surface area contributed by atoms with Crippen LogP contribution in [0.15, 0.2) is 12.1 Å². The van der Waals surface area contributed by atoms with Gasteiger partial charge in [-0.3, -0.25) is 0 Å². The van der Waals surface area contributed by atoms with Crippen molar-refractivity contribution in [3.05, 3.63) is 17.3 Å². The molecule has 1 atom stereocenters. The van der Waals surface area contributed by atoms with Crippen LogP contribution in [-0.2, 0) is 0 Å². The van der Waals surface area contributed by atoms with Gasteiger partial charge in [-0.05, 0) is 38.3 Å². The Kier molecular flexibility index (Phi) is 2.71. The van der Waals surface area contributed by atoms with Crippen LogP contribution >= 0.6 is 11.6 Å². The molecule has 1 aliphatic carbocycles. The van der Waals surface area contributed by atoms with Crippen LogP contribution in [0.4, 0.5) is 5.82 Å². The van der Waals surface area contributed by atoms with Crippen molar-refractivity contribution in [2.75, 3.05) is 18.0 Å². The fourth-order valence-corrected chi connectivity index (χ4v) is 2.49. The van der Waals surface area contributed by atoms with E-state index in [1.165, 1.54) is 19.3 Å². The fraction of sp³-hybridized carbons (Fsp3) is 0.667. The molecule has 2 heterocycles. The quantitative estimate of drug-likeness (QED) is 0.892. The molecule has 0 radical (unpaired) electrons. The summed E-state index contributed by atoms with van der Waals surface area (Å²) in [6.07, 6.45) is 3.80. The highest BCUT2D eigenvalue weighted by molar-refractivity contribution is 6.29. The molecule has 0 amide bonds. The Morgan fingerprint density at radius 1 is 1.41 bits per heavy atom. The van der Waals surface area contributed by atoms with E-state index in [-0.39, 0.29) is 0 Å². The Balaban J connectivity index is 1.61. The summed E-state index contributed by atoms with van der Waals surface area (Å²) in [5.74, 6) is 0.930. The molecule has 1 aliphatic heterocycles. The zero-order chi connectivity index (χ0) is 11.9. The number of halogens is 1. The van der Waals surface area contributed by atoms with Crippen molar-refractivity contribution in [3.63, 3.8) is 0 Å². The summed E-state index contributed by atoms with van der Waals surface area (Å²) in [4.78, 5) is 2.27. The molecule has 0 bridgehead atoms. The first-order valence-corrected chi connectivity index (χ1v) is 6.54. The van der Waals surface area contributed by atoms with Gasteiger partial charge in [-0.25, -0.2) is 0 Å². The van der Waals surface area contributed by atoms with Gasteiger partial charge < -0.3 is 10.2 Å². The van der Waals surface area contributed by atoms with Crippen LogP contribution in [0.1, 0.15) is 26.2 Å². The predicted octanol–water partition coefficient (Wildman–Crippen LogP) is 1.85. The average molecular weight is 253 g/mol. The number of nitrogens with one attached hydrogen (secondary N) is 1. The average Bonchev–Trinajstić information content (AvgIpc) is 2.86. The molecule has 1 saturated heterocycles. The Morgan fingerprint density at radius 3 is 2.88 bits per heavy atom. The van der Waals surface area contributed by atoms with Crippen molar-refractivity contribution in [2.45, 2.75) is 37.8 Å². The highest BCUT2D eigenvalue weighted by atomic mass is 35.5. The van der Waals surface area contributed by atoms with Crippen LogP contribution in [0.5, 0.6) is 0 Å². The molecule has 2 aliphatic rings. The molecular weight excluding hydrogens is 236 g/mol. The Morgan fingerprint density at radius 2 is 2.24 bits per heavy atom. The number of aromatic nitrogens is 2. The van der Waals surface area contributed by atoms with E-state index in [4.69, 9.17) is 11.6 Å². The normalized spacial score (nSPS) is 26.2. The lowest BCUT2D eigenvalue weighted by Gasteiger charge is -2.20. The third-order valence-electron chi connectivity index (χ3n) is 3.68. The van der Waals surface area contributed by atoms with Gasteiger partial charge in [-0.15, -0.1) is 10.2 Å². The zero-order valence-electron chi connectivity index (χ0n) is 9.99. The number of hydrogen-bond acceptors (Lipinski definition) is 4. The highest BCUT2D eigenvalue weighted by Gasteiger charge is 2.40. The molecule has 1 saturated carbocycles. The van der Waals surface area contributed by atoms with Gasteiger partial charge in [0, 0.05) is 24.7 Å². The molecule has 1 N–H and O–H groups in total. The monoisotopic (exact) mass is 252 g/mol. The van der Waals surface area contributed by atoms with Crippen LogP contribution in [0.3, 0.4) is 0 Å². The molecule has 4 nitrogen and oxygen atoms in total. The molecule has 0 aromatic carbocycles. The van der Waals surface area contributed by atoms with Crippen molar-refractivity contribution in [3.8, 4) is 0 Å². The van der Waals surface area contributed by atoms with Gasteiger partial charge in [0.25, 0.3) is 0 Å². The molecule has 1 unspecified atom stereocenters. The minimum Gasteiger partial charge on any atom is -0.354 e. The molecule has 3 rings (SSSR count). The Hall–Kier alpha value is -0.870. The number of hydrogen-bond donors (Lipinski definition) is 1. The minimum absolute atomic E-state index is 0.409. The molecule has 0 spiro atoms. The fourth-order valence-electron chi connectivity index (χ4n) is 2.39. The summed E-state index contributed by atoms with van der Waals surface area (Å²) in [6, 6.07) is 4.32. The third kappa shape index (κ3) is 2.53. The van der Waals surface area contributed by atoms with Gasteiger partial charge in [0.05, 0.1) is 0 Å². The van der Waals surface area contributed by atoms with Crippen molar-refractivity contribution in [1.29, 1.82) is 0 Å². The van der Waals surface area contributed by atoms with E-state index in [9.17, 15) is 0 Å². The van der Waals surface area contributed by atoms with Crippen LogP contribution < -0.4 is 10.2 Å². The first-order valence-electron chi connectivity index (χ1n) is 6.17. The van der Waals surface area contributed by atoms with Crippen molar-refractivity contribution in [2.24, 2.45) is 0 Å². The second-order valence-corrected chi connectivity index (χ2v) is 5.74. The van der Waals surface area contributed by atoms with Gasteiger partial charge in [-0.1, -0.05) is 11.6 Å². The van der Waals surface area contributed by atoms with Gasteiger partial charge in [0.15, 0.2) is 11.0 Å². The molecule has 1 aromatic rings. The van der Waals surface area contributed by atoms with Crippen molar-refractivity contribution < 1.29 is 0 Å². The molecule has 5 heteroatoms. The highest BCUT2D eigenvalue weighted by Crippen LogP contribution is 2.35. The van der Waals surface area contributed by atoms with E-state index in [2.05, 4.69) is 27.3 Å². The second-order valence-electron chi connectivity index (χ2n) is 5.35. The maximum absolute atomic E-state index is 5.74. The van der Waals surface area contributed by atoms with E-state index in [1.807, 2.05) is 6.07 Å². The smallest absolute Gasteiger partial charge is 0.151 e.